The lowest BCUT2D eigenvalue weighted by Gasteiger charge is -2.34. The predicted octanol–water partition coefficient (Wildman–Crippen LogP) is 2.93. The van der Waals surface area contributed by atoms with Crippen molar-refractivity contribution in [3.63, 3.8) is 0 Å². The van der Waals surface area contributed by atoms with Crippen molar-refractivity contribution < 1.29 is 63.1 Å². The van der Waals surface area contributed by atoms with Crippen molar-refractivity contribution >= 4 is 7.82 Å². The number of phosphoric acid groups is 1. The van der Waals surface area contributed by atoms with Crippen molar-refractivity contribution in [3.8, 4) is 0 Å². The van der Waals surface area contributed by atoms with Crippen LogP contribution in [0.25, 0.3) is 0 Å². The van der Waals surface area contributed by atoms with E-state index >= 15 is 0 Å². The molecule has 0 radical (unpaired) electrons. The quantitative estimate of drug-likeness (QED) is 0.553. The highest BCUT2D eigenvalue weighted by atomic mass is 31.2. The third-order valence-corrected chi connectivity index (χ3v) is 2.61. The van der Waals surface area contributed by atoms with Crippen LogP contribution in [-0.2, 0) is 13.8 Å². The van der Waals surface area contributed by atoms with Crippen molar-refractivity contribution in [3.05, 3.63) is 0 Å². The molecule has 0 aromatic heterocycles. The van der Waals surface area contributed by atoms with Gasteiger partial charge < -0.3 is 14.5 Å². The van der Waals surface area contributed by atoms with E-state index in [0.29, 0.717) is 0 Å². The van der Waals surface area contributed by atoms with Gasteiger partial charge in [0, 0.05) is 0 Å². The van der Waals surface area contributed by atoms with Crippen LogP contribution in [-0.4, -0.2) is 46.6 Å². The maximum Gasteiger partial charge on any atom is 0.469 e. The van der Waals surface area contributed by atoms with Crippen molar-refractivity contribution in [2.75, 3.05) is 6.61 Å². The van der Waals surface area contributed by atoms with Crippen LogP contribution in [0.1, 0.15) is 6.92 Å². The summed E-state index contributed by atoms with van der Waals surface area (Å²) in [5.41, 5.74) is -5.49. The molecule has 0 amide bonds. The van der Waals surface area contributed by atoms with Crippen molar-refractivity contribution in [2.45, 2.75) is 37.2 Å². The molecule has 2 unspecified atom stereocenters. The lowest BCUT2D eigenvalue weighted by atomic mass is 10.1. The first-order valence-electron chi connectivity index (χ1n) is 4.89. The van der Waals surface area contributed by atoms with Crippen LogP contribution in [0.3, 0.4) is 0 Å². The number of hydrogen-bond donors (Lipinski definition) is 2. The molecule has 0 aliphatic rings. The van der Waals surface area contributed by atoms with E-state index in [4.69, 9.17) is 9.79 Å². The molecule has 0 aromatic rings. The minimum atomic E-state index is -6.28. The van der Waals surface area contributed by atoms with Gasteiger partial charge in [-0.1, -0.05) is 0 Å². The van der Waals surface area contributed by atoms with Crippen molar-refractivity contribution in [2.24, 2.45) is 0 Å². The van der Waals surface area contributed by atoms with Crippen molar-refractivity contribution in [1.82, 2.24) is 0 Å². The second kappa shape index (κ2) is 6.15. The zero-order valence-electron chi connectivity index (χ0n) is 10.3. The third kappa shape index (κ3) is 5.57. The van der Waals surface area contributed by atoms with Crippen LogP contribution >= 0.6 is 7.82 Å². The minimum Gasteiger partial charge on any atom is -0.303 e. The highest BCUT2D eigenvalue weighted by Crippen LogP contribution is 2.47. The summed E-state index contributed by atoms with van der Waals surface area (Å²) >= 11 is 0. The summed E-state index contributed by atoms with van der Waals surface area (Å²) in [6.45, 7) is -3.04. The lowest BCUT2D eigenvalue weighted by Crippen LogP contribution is -2.57. The second-order valence-corrected chi connectivity index (χ2v) is 5.19. The maximum absolute atomic E-state index is 13.0. The van der Waals surface area contributed by atoms with E-state index in [1.54, 1.807) is 0 Å². The Bertz CT molecular complexity index is 425. The largest absolute Gasteiger partial charge is 0.469 e. The first-order chi connectivity index (χ1) is 9.31. The summed E-state index contributed by atoms with van der Waals surface area (Å²) in [5, 5.41) is 0. The number of hydrogen-bond acceptors (Lipinski definition) is 3. The Morgan fingerprint density at radius 2 is 1.41 bits per heavy atom. The predicted molar refractivity (Wildman–Crippen MR) is 49.4 cm³/mol. The molecule has 0 aromatic carbocycles. The zero-order valence-corrected chi connectivity index (χ0v) is 11.1. The van der Waals surface area contributed by atoms with Gasteiger partial charge >= 0.3 is 26.3 Å². The smallest absolute Gasteiger partial charge is 0.303 e. The molecule has 0 bridgehead atoms. The fourth-order valence-corrected chi connectivity index (χ4v) is 1.14. The fraction of sp³-hybridized carbons (Fsp3) is 1.00. The third-order valence-electron chi connectivity index (χ3n) is 2.13. The molecular weight excluding hydrogens is 366 g/mol. The first kappa shape index (κ1) is 21.4. The number of rotatable bonds is 6. The average Bonchev–Trinajstić information content (AvgIpc) is 2.19. The summed E-state index contributed by atoms with van der Waals surface area (Å²) in [5.74, 6) is 0. The molecule has 0 rings (SSSR count). The van der Waals surface area contributed by atoms with Gasteiger partial charge in [0.2, 0.25) is 0 Å². The summed E-state index contributed by atoms with van der Waals surface area (Å²) in [4.78, 5) is 16.3. The molecule has 0 heterocycles. The van der Waals surface area contributed by atoms with E-state index in [9.17, 15) is 44.1 Å². The van der Waals surface area contributed by atoms with E-state index in [2.05, 4.69) is 9.26 Å². The SMILES string of the molecule is CC(F)(C(F)(F)F)C(F)(F)OC(COP(=O)(O)O)C(F)(F)F. The van der Waals surface area contributed by atoms with Gasteiger partial charge in [0.25, 0.3) is 5.67 Å². The first-order valence-corrected chi connectivity index (χ1v) is 6.42. The van der Waals surface area contributed by atoms with Crippen LogP contribution in [0.2, 0.25) is 0 Å². The van der Waals surface area contributed by atoms with Gasteiger partial charge in [0.1, 0.15) is 0 Å². The Labute approximate surface area is 116 Å². The number of phosphoric ester groups is 1. The van der Waals surface area contributed by atoms with Crippen LogP contribution in [0.5, 0.6) is 0 Å². The molecule has 15 heteroatoms. The van der Waals surface area contributed by atoms with Gasteiger partial charge in [0.05, 0.1) is 6.61 Å². The molecule has 2 N–H and O–H groups in total. The highest BCUT2D eigenvalue weighted by Gasteiger charge is 2.71. The summed E-state index contributed by atoms with van der Waals surface area (Å²) in [7, 11) is -5.57. The fourth-order valence-electron chi connectivity index (χ4n) is 0.814. The van der Waals surface area contributed by atoms with Crippen molar-refractivity contribution in [1.29, 1.82) is 0 Å². The van der Waals surface area contributed by atoms with E-state index in [1.807, 2.05) is 0 Å². The van der Waals surface area contributed by atoms with Gasteiger partial charge in [-0.05, 0) is 6.92 Å². The maximum atomic E-state index is 13.0. The minimum absolute atomic E-state index is 0.760. The normalized spacial score (nSPS) is 18.9. The number of ether oxygens (including phenoxy) is 1. The Morgan fingerprint density at radius 3 is 1.68 bits per heavy atom. The number of alkyl halides is 9. The summed E-state index contributed by atoms with van der Waals surface area (Å²) in [6, 6.07) is 0. The molecule has 0 fully saturated rings. The van der Waals surface area contributed by atoms with E-state index in [-0.39, 0.29) is 0 Å². The Kier molecular flexibility index (Phi) is 5.99. The molecular formula is C7H8F9O5P. The second-order valence-electron chi connectivity index (χ2n) is 3.95. The van der Waals surface area contributed by atoms with Crippen LogP contribution in [0.4, 0.5) is 39.5 Å². The Hall–Kier alpha value is -0.560. The molecule has 0 saturated heterocycles. The van der Waals surface area contributed by atoms with Gasteiger partial charge in [0.15, 0.2) is 6.10 Å². The van der Waals surface area contributed by atoms with E-state index in [0.717, 1.165) is 0 Å². The lowest BCUT2D eigenvalue weighted by molar-refractivity contribution is -0.409. The van der Waals surface area contributed by atoms with Gasteiger partial charge in [-0.15, -0.1) is 0 Å². The molecule has 0 spiro atoms. The van der Waals surface area contributed by atoms with Crippen LogP contribution < -0.4 is 0 Å². The standard InChI is InChI=1S/C7H8F9O5P/c1-4(8,6(12,13)14)7(15,16)21-3(5(9,10)11)2-20-22(17,18)19/h3H,2H2,1H3,(H2,17,18,19). The van der Waals surface area contributed by atoms with E-state index < -0.39 is 51.6 Å². The summed E-state index contributed by atoms with van der Waals surface area (Å²) < 4.78 is 128. The molecule has 5 nitrogen and oxygen atoms in total. The van der Waals surface area contributed by atoms with Gasteiger partial charge in [-0.3, -0.25) is 4.52 Å². The average molecular weight is 374 g/mol. The monoisotopic (exact) mass is 374 g/mol. The van der Waals surface area contributed by atoms with Crippen LogP contribution in [0.15, 0.2) is 0 Å². The molecule has 2 atom stereocenters. The van der Waals surface area contributed by atoms with Gasteiger partial charge in [-0.2, -0.15) is 35.1 Å². The molecule has 22 heavy (non-hydrogen) atoms. The molecule has 0 aliphatic carbocycles. The topological polar surface area (TPSA) is 76.0 Å². The van der Waals surface area contributed by atoms with E-state index in [1.165, 1.54) is 0 Å². The Balaban J connectivity index is 5.35. The van der Waals surface area contributed by atoms with Crippen LogP contribution in [0, 0.1) is 0 Å². The highest BCUT2D eigenvalue weighted by molar-refractivity contribution is 7.46. The zero-order chi connectivity index (χ0) is 18.2. The number of halogens is 9. The van der Waals surface area contributed by atoms with Gasteiger partial charge in [-0.25, -0.2) is 8.96 Å². The summed E-state index contributed by atoms with van der Waals surface area (Å²) in [6.07, 6.45) is -22.0. The molecule has 0 aliphatic heterocycles. The molecule has 0 saturated carbocycles. The Morgan fingerprint density at radius 1 is 1.00 bits per heavy atom. The molecule has 134 valence electrons.